The van der Waals surface area contributed by atoms with Crippen LogP contribution in [0.25, 0.3) is 0 Å². The second kappa shape index (κ2) is 9.08. The summed E-state index contributed by atoms with van der Waals surface area (Å²) in [7, 11) is 3.20. The highest BCUT2D eigenvalue weighted by Gasteiger charge is 2.11. The first-order valence-corrected chi connectivity index (χ1v) is 9.18. The molecule has 0 aliphatic rings. The van der Waals surface area contributed by atoms with Crippen molar-refractivity contribution in [3.8, 4) is 11.5 Å². The number of anilines is 1. The van der Waals surface area contributed by atoms with E-state index in [1.807, 2.05) is 66.2 Å². The Morgan fingerprint density at radius 1 is 1.00 bits per heavy atom. The van der Waals surface area contributed by atoms with Crippen molar-refractivity contribution in [2.24, 2.45) is 0 Å². The summed E-state index contributed by atoms with van der Waals surface area (Å²) in [6.45, 7) is 2.53. The van der Waals surface area contributed by atoms with E-state index in [9.17, 15) is 4.79 Å². The third-order valence-corrected chi connectivity index (χ3v) is 4.43. The SMILES string of the molecule is COc1ccc(CCC(=O)Nc2cc(C)nn2Cc2ccccc2)cc1OC. The van der Waals surface area contributed by atoms with Crippen molar-refractivity contribution in [2.75, 3.05) is 19.5 Å². The van der Waals surface area contributed by atoms with E-state index in [-0.39, 0.29) is 5.91 Å². The molecule has 0 unspecified atom stereocenters. The van der Waals surface area contributed by atoms with E-state index in [0.29, 0.717) is 36.7 Å². The molecule has 0 spiro atoms. The molecule has 0 aliphatic carbocycles. The number of benzene rings is 2. The Morgan fingerprint density at radius 2 is 1.75 bits per heavy atom. The van der Waals surface area contributed by atoms with Crippen LogP contribution in [-0.2, 0) is 17.8 Å². The number of aromatic nitrogens is 2. The Hall–Kier alpha value is -3.28. The lowest BCUT2D eigenvalue weighted by Gasteiger charge is -2.11. The van der Waals surface area contributed by atoms with E-state index in [1.54, 1.807) is 14.2 Å². The number of nitrogens with zero attached hydrogens (tertiary/aromatic N) is 2. The predicted molar refractivity (Wildman–Crippen MR) is 109 cm³/mol. The van der Waals surface area contributed by atoms with Gasteiger partial charge in [-0.1, -0.05) is 36.4 Å². The van der Waals surface area contributed by atoms with Gasteiger partial charge in [0.25, 0.3) is 0 Å². The number of methoxy groups -OCH3 is 2. The van der Waals surface area contributed by atoms with Gasteiger partial charge in [0, 0.05) is 12.5 Å². The van der Waals surface area contributed by atoms with Gasteiger partial charge >= 0.3 is 0 Å². The van der Waals surface area contributed by atoms with E-state index >= 15 is 0 Å². The van der Waals surface area contributed by atoms with Crippen LogP contribution in [0.1, 0.15) is 23.2 Å². The molecular weight excluding hydrogens is 354 g/mol. The average molecular weight is 379 g/mol. The van der Waals surface area contributed by atoms with Crippen LogP contribution in [0, 0.1) is 6.92 Å². The van der Waals surface area contributed by atoms with Crippen LogP contribution < -0.4 is 14.8 Å². The maximum atomic E-state index is 12.5. The number of rotatable bonds is 8. The second-order valence-corrected chi connectivity index (χ2v) is 6.55. The first-order valence-electron chi connectivity index (χ1n) is 9.18. The summed E-state index contributed by atoms with van der Waals surface area (Å²) in [5, 5.41) is 7.47. The zero-order chi connectivity index (χ0) is 19.9. The quantitative estimate of drug-likeness (QED) is 0.646. The number of amides is 1. The number of aryl methyl sites for hydroxylation is 2. The smallest absolute Gasteiger partial charge is 0.225 e. The van der Waals surface area contributed by atoms with E-state index in [4.69, 9.17) is 9.47 Å². The van der Waals surface area contributed by atoms with Crippen molar-refractivity contribution in [1.82, 2.24) is 9.78 Å². The molecule has 3 aromatic rings. The number of carbonyl (C=O) groups excluding carboxylic acids is 1. The van der Waals surface area contributed by atoms with Gasteiger partial charge in [0.1, 0.15) is 5.82 Å². The van der Waals surface area contributed by atoms with Gasteiger partial charge < -0.3 is 14.8 Å². The van der Waals surface area contributed by atoms with E-state index < -0.39 is 0 Å². The highest BCUT2D eigenvalue weighted by molar-refractivity contribution is 5.90. The van der Waals surface area contributed by atoms with Crippen LogP contribution in [0.2, 0.25) is 0 Å². The zero-order valence-corrected chi connectivity index (χ0v) is 16.4. The minimum Gasteiger partial charge on any atom is -0.493 e. The van der Waals surface area contributed by atoms with Gasteiger partial charge in [0.05, 0.1) is 26.5 Å². The van der Waals surface area contributed by atoms with Gasteiger partial charge in [-0.05, 0) is 36.6 Å². The van der Waals surface area contributed by atoms with E-state index in [2.05, 4.69) is 10.4 Å². The standard InChI is InChI=1S/C22H25N3O3/c1-16-13-21(25(24-16)15-18-7-5-4-6-8-18)23-22(26)12-10-17-9-11-19(27-2)20(14-17)28-3/h4-9,11,13-14H,10,12,15H2,1-3H3,(H,23,26). The normalized spacial score (nSPS) is 10.5. The first-order chi connectivity index (χ1) is 13.6. The average Bonchev–Trinajstić information content (AvgIpc) is 3.05. The van der Waals surface area contributed by atoms with Crippen molar-refractivity contribution < 1.29 is 14.3 Å². The number of nitrogens with one attached hydrogen (secondary N) is 1. The van der Waals surface area contributed by atoms with Crippen LogP contribution in [0.5, 0.6) is 11.5 Å². The Labute approximate surface area is 165 Å². The van der Waals surface area contributed by atoms with E-state index in [1.165, 1.54) is 0 Å². The molecule has 6 nitrogen and oxygen atoms in total. The van der Waals surface area contributed by atoms with E-state index in [0.717, 1.165) is 16.8 Å². The van der Waals surface area contributed by atoms with Crippen molar-refractivity contribution in [3.63, 3.8) is 0 Å². The largest absolute Gasteiger partial charge is 0.493 e. The van der Waals surface area contributed by atoms with Crippen molar-refractivity contribution in [2.45, 2.75) is 26.3 Å². The molecule has 2 aromatic carbocycles. The van der Waals surface area contributed by atoms with Crippen molar-refractivity contribution >= 4 is 11.7 Å². The predicted octanol–water partition coefficient (Wildman–Crippen LogP) is 3.83. The first kappa shape index (κ1) is 19.5. The topological polar surface area (TPSA) is 65.4 Å². The molecule has 1 heterocycles. The Kier molecular flexibility index (Phi) is 6.32. The lowest BCUT2D eigenvalue weighted by molar-refractivity contribution is -0.116. The number of carbonyl (C=O) groups is 1. The lowest BCUT2D eigenvalue weighted by Crippen LogP contribution is -2.16. The molecule has 0 bridgehead atoms. The summed E-state index contributed by atoms with van der Waals surface area (Å²) in [5.41, 5.74) is 3.01. The maximum absolute atomic E-state index is 12.5. The summed E-state index contributed by atoms with van der Waals surface area (Å²) < 4.78 is 12.4. The van der Waals surface area contributed by atoms with Crippen LogP contribution in [0.3, 0.4) is 0 Å². The zero-order valence-electron chi connectivity index (χ0n) is 16.4. The lowest BCUT2D eigenvalue weighted by atomic mass is 10.1. The maximum Gasteiger partial charge on any atom is 0.225 e. The van der Waals surface area contributed by atoms with Gasteiger partial charge in [-0.25, -0.2) is 4.68 Å². The summed E-state index contributed by atoms with van der Waals surface area (Å²) in [4.78, 5) is 12.5. The third-order valence-electron chi connectivity index (χ3n) is 4.43. The Morgan fingerprint density at radius 3 is 2.46 bits per heavy atom. The number of ether oxygens (including phenoxy) is 2. The second-order valence-electron chi connectivity index (χ2n) is 6.55. The van der Waals surface area contributed by atoms with Crippen LogP contribution in [0.15, 0.2) is 54.6 Å². The van der Waals surface area contributed by atoms with Gasteiger partial charge in [-0.3, -0.25) is 4.79 Å². The molecule has 1 amide bonds. The fraction of sp³-hybridized carbons (Fsp3) is 0.273. The molecule has 0 saturated carbocycles. The Balaban J connectivity index is 1.62. The Bertz CT molecular complexity index is 935. The molecule has 146 valence electrons. The minimum atomic E-state index is -0.0519. The summed E-state index contributed by atoms with van der Waals surface area (Å²) in [6.07, 6.45) is 0.975. The molecule has 0 saturated heterocycles. The van der Waals surface area contributed by atoms with Crippen molar-refractivity contribution in [3.05, 3.63) is 71.4 Å². The monoisotopic (exact) mass is 379 g/mol. The molecule has 3 rings (SSSR count). The fourth-order valence-corrected chi connectivity index (χ4v) is 3.02. The van der Waals surface area contributed by atoms with Crippen LogP contribution >= 0.6 is 0 Å². The molecule has 28 heavy (non-hydrogen) atoms. The van der Waals surface area contributed by atoms with Gasteiger partial charge in [-0.2, -0.15) is 5.10 Å². The molecule has 0 atom stereocenters. The molecule has 6 heteroatoms. The van der Waals surface area contributed by atoms with Crippen LogP contribution in [-0.4, -0.2) is 29.9 Å². The molecule has 1 aromatic heterocycles. The summed E-state index contributed by atoms with van der Waals surface area (Å²) in [6, 6.07) is 17.6. The van der Waals surface area contributed by atoms with Gasteiger partial charge in [-0.15, -0.1) is 0 Å². The van der Waals surface area contributed by atoms with Crippen molar-refractivity contribution in [1.29, 1.82) is 0 Å². The molecular formula is C22H25N3O3. The molecule has 0 aliphatic heterocycles. The highest BCUT2D eigenvalue weighted by atomic mass is 16.5. The van der Waals surface area contributed by atoms with Crippen LogP contribution in [0.4, 0.5) is 5.82 Å². The van der Waals surface area contributed by atoms with Gasteiger partial charge in [0.2, 0.25) is 5.91 Å². The number of hydrogen-bond donors (Lipinski definition) is 1. The molecule has 0 fully saturated rings. The minimum absolute atomic E-state index is 0.0519. The molecule has 0 radical (unpaired) electrons. The highest BCUT2D eigenvalue weighted by Crippen LogP contribution is 2.28. The molecule has 1 N–H and O–H groups in total. The fourth-order valence-electron chi connectivity index (χ4n) is 3.02. The van der Waals surface area contributed by atoms with Gasteiger partial charge in [0.15, 0.2) is 11.5 Å². The summed E-state index contributed by atoms with van der Waals surface area (Å²) >= 11 is 0. The summed E-state index contributed by atoms with van der Waals surface area (Å²) in [5.74, 6) is 2.00. The number of hydrogen-bond acceptors (Lipinski definition) is 4. The third kappa shape index (κ3) is 4.91.